The molecule has 0 bridgehead atoms. The Balaban J connectivity index is 1.86. The van der Waals surface area contributed by atoms with Crippen LogP contribution in [0.25, 0.3) is 0 Å². The minimum Gasteiger partial charge on any atom is -0.370 e. The minimum absolute atomic E-state index is 0.105. The van der Waals surface area contributed by atoms with Gasteiger partial charge in [-0.1, -0.05) is 29.3 Å². The first kappa shape index (κ1) is 16.1. The molecule has 0 saturated carbocycles. The number of amidine groups is 1. The Morgan fingerprint density at radius 2 is 2.14 bits per heavy atom. The van der Waals surface area contributed by atoms with Gasteiger partial charge in [-0.25, -0.2) is 0 Å². The number of aliphatic imine (C=N–C) groups is 1. The maximum atomic E-state index is 6.36. The summed E-state index contributed by atoms with van der Waals surface area (Å²) >= 11 is 12.4. The summed E-state index contributed by atoms with van der Waals surface area (Å²) in [6, 6.07) is 5.74. The SMILES string of the molecule is CN1CCN(Cc2ccc(Cl)cc2Cl)C(C)(C2=NCCN2)C1. The molecule has 0 aromatic heterocycles. The van der Waals surface area contributed by atoms with Crippen LogP contribution in [0, 0.1) is 0 Å². The fourth-order valence-corrected chi connectivity index (χ4v) is 3.80. The van der Waals surface area contributed by atoms with Crippen LogP contribution in [-0.4, -0.2) is 60.9 Å². The lowest BCUT2D eigenvalue weighted by atomic mass is 9.93. The van der Waals surface area contributed by atoms with Crippen molar-refractivity contribution in [3.05, 3.63) is 33.8 Å². The molecule has 6 heteroatoms. The van der Waals surface area contributed by atoms with E-state index in [1.54, 1.807) is 0 Å². The van der Waals surface area contributed by atoms with Gasteiger partial charge in [0, 0.05) is 42.8 Å². The Hall–Kier alpha value is -0.810. The van der Waals surface area contributed by atoms with Gasteiger partial charge in [0.15, 0.2) is 0 Å². The van der Waals surface area contributed by atoms with Crippen LogP contribution in [0.15, 0.2) is 23.2 Å². The van der Waals surface area contributed by atoms with Crippen molar-refractivity contribution in [3.8, 4) is 0 Å². The summed E-state index contributed by atoms with van der Waals surface area (Å²) in [6.45, 7) is 7.88. The zero-order chi connectivity index (χ0) is 15.7. The van der Waals surface area contributed by atoms with E-state index in [1.807, 2.05) is 18.2 Å². The van der Waals surface area contributed by atoms with Gasteiger partial charge >= 0.3 is 0 Å². The Morgan fingerprint density at radius 3 is 2.82 bits per heavy atom. The van der Waals surface area contributed by atoms with Gasteiger partial charge < -0.3 is 10.2 Å². The van der Waals surface area contributed by atoms with Gasteiger partial charge in [-0.2, -0.15) is 0 Å². The molecule has 1 aromatic carbocycles. The van der Waals surface area contributed by atoms with Gasteiger partial charge in [0.2, 0.25) is 0 Å². The maximum Gasteiger partial charge on any atom is 0.118 e. The van der Waals surface area contributed by atoms with Gasteiger partial charge in [0.05, 0.1) is 12.1 Å². The van der Waals surface area contributed by atoms with Crippen LogP contribution in [0.3, 0.4) is 0 Å². The summed E-state index contributed by atoms with van der Waals surface area (Å²) < 4.78 is 0. The topological polar surface area (TPSA) is 30.9 Å². The number of hydrogen-bond acceptors (Lipinski definition) is 4. The number of nitrogens with one attached hydrogen (secondary N) is 1. The molecule has 1 unspecified atom stereocenters. The molecule has 1 fully saturated rings. The van der Waals surface area contributed by atoms with Gasteiger partial charge in [0.1, 0.15) is 5.84 Å². The lowest BCUT2D eigenvalue weighted by Gasteiger charge is -2.48. The van der Waals surface area contributed by atoms with Crippen LogP contribution in [0.5, 0.6) is 0 Å². The Bertz CT molecular complexity index is 590. The number of benzene rings is 1. The van der Waals surface area contributed by atoms with E-state index in [4.69, 9.17) is 23.2 Å². The first-order valence-corrected chi connectivity index (χ1v) is 8.41. The lowest BCUT2D eigenvalue weighted by Crippen LogP contribution is -2.65. The van der Waals surface area contributed by atoms with Gasteiger partial charge in [0.25, 0.3) is 0 Å². The summed E-state index contributed by atoms with van der Waals surface area (Å²) in [6.07, 6.45) is 0. The van der Waals surface area contributed by atoms with Crippen molar-refractivity contribution in [1.82, 2.24) is 15.1 Å². The van der Waals surface area contributed by atoms with E-state index in [1.165, 1.54) is 0 Å². The zero-order valence-corrected chi connectivity index (χ0v) is 14.6. The fourth-order valence-electron chi connectivity index (χ4n) is 3.34. The van der Waals surface area contributed by atoms with Crippen molar-refractivity contribution in [1.29, 1.82) is 0 Å². The molecule has 1 atom stereocenters. The third kappa shape index (κ3) is 3.11. The first-order chi connectivity index (χ1) is 10.5. The molecule has 2 heterocycles. The molecule has 0 amide bonds. The third-order valence-electron chi connectivity index (χ3n) is 4.59. The standard InChI is InChI=1S/C16H22Cl2N4/c1-16(15-19-5-6-20-15)11-21(2)7-8-22(16)10-12-3-4-13(17)9-14(12)18/h3-4,9H,5-8,10-11H2,1-2H3,(H,19,20). The van der Waals surface area contributed by atoms with Gasteiger partial charge in [-0.15, -0.1) is 0 Å². The monoisotopic (exact) mass is 340 g/mol. The zero-order valence-electron chi connectivity index (χ0n) is 13.1. The number of halogens is 2. The average Bonchev–Trinajstić information content (AvgIpc) is 2.99. The number of nitrogens with zero attached hydrogens (tertiary/aromatic N) is 3. The summed E-state index contributed by atoms with van der Waals surface area (Å²) in [5.74, 6) is 1.10. The van der Waals surface area contributed by atoms with Crippen molar-refractivity contribution in [2.24, 2.45) is 4.99 Å². The molecule has 0 spiro atoms. The summed E-state index contributed by atoms with van der Waals surface area (Å²) in [5, 5.41) is 4.86. The van der Waals surface area contributed by atoms with Crippen LogP contribution < -0.4 is 5.32 Å². The third-order valence-corrected chi connectivity index (χ3v) is 5.17. The van der Waals surface area contributed by atoms with Crippen LogP contribution in [0.4, 0.5) is 0 Å². The van der Waals surface area contributed by atoms with Crippen LogP contribution in [0.2, 0.25) is 10.0 Å². The Morgan fingerprint density at radius 1 is 1.32 bits per heavy atom. The molecule has 2 aliphatic heterocycles. The second-order valence-electron chi connectivity index (χ2n) is 6.33. The van der Waals surface area contributed by atoms with Crippen molar-refractivity contribution < 1.29 is 0 Å². The predicted molar refractivity (Wildman–Crippen MR) is 93.1 cm³/mol. The molecule has 1 saturated heterocycles. The van der Waals surface area contributed by atoms with Crippen LogP contribution >= 0.6 is 23.2 Å². The van der Waals surface area contributed by atoms with Crippen LogP contribution in [-0.2, 0) is 6.54 Å². The second kappa shape index (κ2) is 6.36. The predicted octanol–water partition coefficient (Wildman–Crippen LogP) is 2.50. The largest absolute Gasteiger partial charge is 0.370 e. The molecule has 2 aliphatic rings. The second-order valence-corrected chi connectivity index (χ2v) is 7.17. The average molecular weight is 341 g/mol. The van der Waals surface area contributed by atoms with Crippen molar-refractivity contribution >= 4 is 29.0 Å². The van der Waals surface area contributed by atoms with E-state index < -0.39 is 0 Å². The highest BCUT2D eigenvalue weighted by atomic mass is 35.5. The van der Waals surface area contributed by atoms with E-state index >= 15 is 0 Å². The van der Waals surface area contributed by atoms with E-state index in [0.29, 0.717) is 5.02 Å². The van der Waals surface area contributed by atoms with E-state index in [-0.39, 0.29) is 5.54 Å². The number of hydrogen-bond donors (Lipinski definition) is 1. The van der Waals surface area contributed by atoms with E-state index in [9.17, 15) is 0 Å². The highest BCUT2D eigenvalue weighted by Crippen LogP contribution is 2.28. The molecule has 1 aromatic rings. The number of piperazine rings is 1. The molecular weight excluding hydrogens is 319 g/mol. The molecule has 3 rings (SSSR count). The number of rotatable bonds is 3. The summed E-state index contributed by atoms with van der Waals surface area (Å²) in [7, 11) is 2.17. The smallest absolute Gasteiger partial charge is 0.118 e. The molecule has 0 aliphatic carbocycles. The highest BCUT2D eigenvalue weighted by molar-refractivity contribution is 6.35. The molecular formula is C16H22Cl2N4. The first-order valence-electron chi connectivity index (χ1n) is 7.65. The lowest BCUT2D eigenvalue weighted by molar-refractivity contribution is 0.0558. The maximum absolute atomic E-state index is 6.36. The molecule has 22 heavy (non-hydrogen) atoms. The Kier molecular flexibility index (Phi) is 4.64. The van der Waals surface area contributed by atoms with Crippen LogP contribution in [0.1, 0.15) is 12.5 Å². The van der Waals surface area contributed by atoms with Gasteiger partial charge in [-0.3, -0.25) is 9.89 Å². The van der Waals surface area contributed by atoms with Crippen molar-refractivity contribution in [2.45, 2.75) is 19.0 Å². The molecule has 0 radical (unpaired) electrons. The number of likely N-dealkylation sites (N-methyl/N-ethyl adjacent to an activating group) is 1. The minimum atomic E-state index is -0.105. The van der Waals surface area contributed by atoms with E-state index in [0.717, 1.165) is 55.7 Å². The van der Waals surface area contributed by atoms with Crippen molar-refractivity contribution in [2.75, 3.05) is 39.8 Å². The molecule has 4 nitrogen and oxygen atoms in total. The van der Waals surface area contributed by atoms with Gasteiger partial charge in [-0.05, 0) is 31.7 Å². The summed E-state index contributed by atoms with van der Waals surface area (Å²) in [4.78, 5) is 9.51. The van der Waals surface area contributed by atoms with E-state index in [2.05, 4.69) is 34.1 Å². The highest BCUT2D eigenvalue weighted by Gasteiger charge is 2.42. The van der Waals surface area contributed by atoms with Crippen molar-refractivity contribution in [3.63, 3.8) is 0 Å². The quantitative estimate of drug-likeness (QED) is 0.917. The normalized spacial score (nSPS) is 26.8. The molecule has 120 valence electrons. The molecule has 1 N–H and O–H groups in total. The summed E-state index contributed by atoms with van der Waals surface area (Å²) in [5.41, 5.74) is 1.01. The fraction of sp³-hybridized carbons (Fsp3) is 0.562. The Labute approximate surface area is 142 Å².